The number of nitrogens with two attached hydrogens (primary N) is 1. The van der Waals surface area contributed by atoms with Crippen LogP contribution in [0.5, 0.6) is 0 Å². The molecule has 1 unspecified atom stereocenters. The van der Waals surface area contributed by atoms with E-state index >= 15 is 0 Å². The smallest absolute Gasteiger partial charge is 0.230 e. The monoisotopic (exact) mass is 241 g/mol. The Hall–Kier alpha value is -1.26. The molecule has 1 rings (SSSR count). The Kier molecular flexibility index (Phi) is 5.25. The van der Waals surface area contributed by atoms with Crippen molar-refractivity contribution in [3.8, 4) is 0 Å². The minimum Gasteiger partial charge on any atom is -0.409 e. The van der Waals surface area contributed by atoms with Crippen LogP contribution in [0.2, 0.25) is 0 Å². The highest BCUT2D eigenvalue weighted by Crippen LogP contribution is 2.27. The third kappa shape index (κ3) is 4.24. The first kappa shape index (κ1) is 13.8. The molecular formula is C12H23N3O2. The zero-order valence-corrected chi connectivity index (χ0v) is 10.6. The van der Waals surface area contributed by atoms with E-state index in [1.165, 1.54) is 25.7 Å². The molecule has 0 aromatic carbocycles. The average Bonchev–Trinajstić information content (AvgIpc) is 2.35. The fourth-order valence-electron chi connectivity index (χ4n) is 2.15. The van der Waals surface area contributed by atoms with Gasteiger partial charge in [-0.25, -0.2) is 0 Å². The Bertz CT molecular complexity index is 283. The molecule has 98 valence electrons. The molecule has 0 bridgehead atoms. The maximum atomic E-state index is 11.7. The van der Waals surface area contributed by atoms with Crippen LogP contribution in [0.25, 0.3) is 0 Å². The van der Waals surface area contributed by atoms with Gasteiger partial charge in [-0.2, -0.15) is 0 Å². The maximum Gasteiger partial charge on any atom is 0.230 e. The van der Waals surface area contributed by atoms with Crippen LogP contribution >= 0.6 is 0 Å². The molecule has 5 nitrogen and oxygen atoms in total. The first-order chi connectivity index (χ1) is 8.04. The lowest BCUT2D eigenvalue weighted by atomic mass is 9.83. The molecule has 1 fully saturated rings. The highest BCUT2D eigenvalue weighted by molar-refractivity contribution is 6.01. The fourth-order valence-corrected chi connectivity index (χ4v) is 2.15. The number of rotatable bonds is 4. The molecule has 1 atom stereocenters. The number of amides is 1. The molecule has 4 N–H and O–H groups in total. The van der Waals surface area contributed by atoms with Gasteiger partial charge in [-0.15, -0.1) is 0 Å². The van der Waals surface area contributed by atoms with Crippen molar-refractivity contribution < 1.29 is 10.0 Å². The van der Waals surface area contributed by atoms with Gasteiger partial charge in [0.05, 0.1) is 5.92 Å². The molecule has 1 aliphatic rings. The molecule has 0 heterocycles. The lowest BCUT2D eigenvalue weighted by Gasteiger charge is -2.26. The van der Waals surface area contributed by atoms with E-state index in [-0.39, 0.29) is 11.7 Å². The lowest BCUT2D eigenvalue weighted by molar-refractivity contribution is -0.122. The van der Waals surface area contributed by atoms with Gasteiger partial charge in [0.1, 0.15) is 0 Å². The summed E-state index contributed by atoms with van der Waals surface area (Å²) < 4.78 is 0. The molecule has 17 heavy (non-hydrogen) atoms. The standard InChI is InChI=1S/C12H23N3O2/c1-8-3-5-10(6-4-8)7-14-12(16)9(2)11(13)15-17/h8-10,17H,3-7H2,1-2H3,(H2,13,15)(H,14,16). The summed E-state index contributed by atoms with van der Waals surface area (Å²) in [7, 11) is 0. The summed E-state index contributed by atoms with van der Waals surface area (Å²) in [6.45, 7) is 4.61. The Morgan fingerprint density at radius 3 is 2.59 bits per heavy atom. The number of hydrogen-bond acceptors (Lipinski definition) is 3. The van der Waals surface area contributed by atoms with E-state index in [1.54, 1.807) is 6.92 Å². The van der Waals surface area contributed by atoms with E-state index in [9.17, 15) is 4.79 Å². The third-order valence-corrected chi connectivity index (χ3v) is 3.65. The Labute approximate surface area is 102 Å². The zero-order valence-electron chi connectivity index (χ0n) is 10.6. The minimum absolute atomic E-state index is 0.0419. The van der Waals surface area contributed by atoms with E-state index in [0.717, 1.165) is 5.92 Å². The molecule has 1 amide bonds. The van der Waals surface area contributed by atoms with Gasteiger partial charge in [-0.05, 0) is 31.6 Å². The number of oxime groups is 1. The fraction of sp³-hybridized carbons (Fsp3) is 0.833. The normalized spacial score (nSPS) is 27.5. The van der Waals surface area contributed by atoms with Gasteiger partial charge in [0.15, 0.2) is 5.84 Å². The van der Waals surface area contributed by atoms with Crippen molar-refractivity contribution in [3.05, 3.63) is 0 Å². The Balaban J connectivity index is 2.28. The van der Waals surface area contributed by atoms with Gasteiger partial charge >= 0.3 is 0 Å². The van der Waals surface area contributed by atoms with Crippen molar-refractivity contribution in [2.75, 3.05) is 6.54 Å². The molecule has 0 aromatic heterocycles. The van der Waals surface area contributed by atoms with Gasteiger partial charge in [0.2, 0.25) is 5.91 Å². The largest absolute Gasteiger partial charge is 0.409 e. The van der Waals surface area contributed by atoms with Crippen LogP contribution in [0, 0.1) is 17.8 Å². The number of hydrogen-bond donors (Lipinski definition) is 3. The highest BCUT2D eigenvalue weighted by Gasteiger charge is 2.21. The second-order valence-corrected chi connectivity index (χ2v) is 5.12. The SMILES string of the molecule is CC1CCC(CNC(=O)C(C)/C(N)=N/O)CC1. The number of nitrogens with zero attached hydrogens (tertiary/aromatic N) is 1. The van der Waals surface area contributed by atoms with Crippen LogP contribution in [-0.4, -0.2) is 23.5 Å². The molecular weight excluding hydrogens is 218 g/mol. The van der Waals surface area contributed by atoms with Crippen molar-refractivity contribution in [2.45, 2.75) is 39.5 Å². The number of amidine groups is 1. The molecule has 0 radical (unpaired) electrons. The Morgan fingerprint density at radius 1 is 1.47 bits per heavy atom. The van der Waals surface area contributed by atoms with E-state index in [2.05, 4.69) is 17.4 Å². The molecule has 0 aliphatic heterocycles. The van der Waals surface area contributed by atoms with Crippen LogP contribution in [0.15, 0.2) is 5.16 Å². The lowest BCUT2D eigenvalue weighted by Crippen LogP contribution is -2.39. The summed E-state index contributed by atoms with van der Waals surface area (Å²) in [5, 5.41) is 14.2. The zero-order chi connectivity index (χ0) is 12.8. The summed E-state index contributed by atoms with van der Waals surface area (Å²) in [6.07, 6.45) is 4.85. The number of nitrogens with one attached hydrogen (secondary N) is 1. The number of carbonyl (C=O) groups excluding carboxylic acids is 1. The first-order valence-corrected chi connectivity index (χ1v) is 6.29. The maximum absolute atomic E-state index is 11.7. The van der Waals surface area contributed by atoms with Crippen LogP contribution in [0.3, 0.4) is 0 Å². The van der Waals surface area contributed by atoms with Crippen molar-refractivity contribution in [1.82, 2.24) is 5.32 Å². The Morgan fingerprint density at radius 2 is 2.06 bits per heavy atom. The molecule has 1 saturated carbocycles. The summed E-state index contributed by atoms with van der Waals surface area (Å²) in [6, 6.07) is 0. The summed E-state index contributed by atoms with van der Waals surface area (Å²) >= 11 is 0. The van der Waals surface area contributed by atoms with Crippen LogP contribution < -0.4 is 11.1 Å². The second-order valence-electron chi connectivity index (χ2n) is 5.12. The molecule has 0 saturated heterocycles. The van der Waals surface area contributed by atoms with E-state index in [0.29, 0.717) is 12.5 Å². The summed E-state index contributed by atoms with van der Waals surface area (Å²) in [4.78, 5) is 11.7. The van der Waals surface area contributed by atoms with Crippen molar-refractivity contribution >= 4 is 11.7 Å². The second kappa shape index (κ2) is 6.47. The molecule has 0 aromatic rings. The van der Waals surface area contributed by atoms with Crippen molar-refractivity contribution in [2.24, 2.45) is 28.6 Å². The van der Waals surface area contributed by atoms with Gasteiger partial charge in [-0.1, -0.05) is 24.9 Å². The highest BCUT2D eigenvalue weighted by atomic mass is 16.4. The van der Waals surface area contributed by atoms with Gasteiger partial charge in [0.25, 0.3) is 0 Å². The minimum atomic E-state index is -0.567. The first-order valence-electron chi connectivity index (χ1n) is 6.29. The van der Waals surface area contributed by atoms with Gasteiger partial charge < -0.3 is 16.3 Å². The van der Waals surface area contributed by atoms with Crippen LogP contribution in [0.4, 0.5) is 0 Å². The van der Waals surface area contributed by atoms with Crippen molar-refractivity contribution in [1.29, 1.82) is 0 Å². The summed E-state index contributed by atoms with van der Waals surface area (Å²) in [5.74, 6) is 0.619. The van der Waals surface area contributed by atoms with E-state index in [4.69, 9.17) is 10.9 Å². The summed E-state index contributed by atoms with van der Waals surface area (Å²) in [5.41, 5.74) is 5.38. The number of carbonyl (C=O) groups is 1. The average molecular weight is 241 g/mol. The van der Waals surface area contributed by atoms with E-state index in [1.807, 2.05) is 0 Å². The quantitative estimate of drug-likeness (QED) is 0.300. The van der Waals surface area contributed by atoms with Gasteiger partial charge in [0, 0.05) is 6.54 Å². The third-order valence-electron chi connectivity index (χ3n) is 3.65. The van der Waals surface area contributed by atoms with E-state index < -0.39 is 5.92 Å². The predicted octanol–water partition coefficient (Wildman–Crippen LogP) is 1.31. The molecule has 1 aliphatic carbocycles. The van der Waals surface area contributed by atoms with Crippen molar-refractivity contribution in [3.63, 3.8) is 0 Å². The molecule has 5 heteroatoms. The topological polar surface area (TPSA) is 87.7 Å². The van der Waals surface area contributed by atoms with Crippen LogP contribution in [-0.2, 0) is 4.79 Å². The van der Waals surface area contributed by atoms with Gasteiger partial charge in [-0.3, -0.25) is 4.79 Å². The predicted molar refractivity (Wildman–Crippen MR) is 66.7 cm³/mol. The molecule has 0 spiro atoms. The van der Waals surface area contributed by atoms with Crippen LogP contribution in [0.1, 0.15) is 39.5 Å².